The van der Waals surface area contributed by atoms with Crippen LogP contribution in [-0.2, 0) is 11.0 Å². The Labute approximate surface area is 186 Å². The molecule has 0 unspecified atom stereocenters. The Morgan fingerprint density at radius 2 is 1.64 bits per heavy atom. The number of carbonyl (C=O) groups is 2. The minimum Gasteiger partial charge on any atom is -0.497 e. The second-order valence-electron chi connectivity index (χ2n) is 6.73. The molecule has 0 saturated carbocycles. The quantitative estimate of drug-likeness (QED) is 0.451. The predicted octanol–water partition coefficient (Wildman–Crippen LogP) is 4.62. The monoisotopic (exact) mass is 463 g/mol. The third kappa shape index (κ3) is 6.19. The number of alkyl halides is 3. The predicted molar refractivity (Wildman–Crippen MR) is 115 cm³/mol. The summed E-state index contributed by atoms with van der Waals surface area (Å²) in [6, 6.07) is 9.28. The standard InChI is InChI=1S/C22H20F3N3O5/c1-31-16-7-15(8-17(10-16)32-2)27-20(29)11-26-19-4-3-14(9-18(19)22(23,24)25)28-21(30)13-5-6-33-12-13/h3-10,12,26H,11H2,1-2H3,(H,27,29)(H,28,30). The van der Waals surface area contributed by atoms with Crippen LogP contribution >= 0.6 is 0 Å². The van der Waals surface area contributed by atoms with Gasteiger partial charge in [-0.15, -0.1) is 0 Å². The molecule has 8 nitrogen and oxygen atoms in total. The first kappa shape index (κ1) is 23.5. The highest BCUT2D eigenvalue weighted by atomic mass is 19.4. The summed E-state index contributed by atoms with van der Waals surface area (Å²) in [5.41, 5.74) is -0.902. The Morgan fingerprint density at radius 3 is 2.21 bits per heavy atom. The van der Waals surface area contributed by atoms with Crippen molar-refractivity contribution in [3.05, 3.63) is 66.1 Å². The molecule has 0 aliphatic carbocycles. The van der Waals surface area contributed by atoms with Crippen LogP contribution in [0.5, 0.6) is 11.5 Å². The first-order valence-corrected chi connectivity index (χ1v) is 9.51. The first-order chi connectivity index (χ1) is 15.7. The van der Waals surface area contributed by atoms with Crippen molar-refractivity contribution in [3.8, 4) is 11.5 Å². The number of rotatable bonds is 8. The van der Waals surface area contributed by atoms with E-state index in [-0.39, 0.29) is 16.9 Å². The number of furan rings is 1. The summed E-state index contributed by atoms with van der Waals surface area (Å²) in [7, 11) is 2.89. The fourth-order valence-electron chi connectivity index (χ4n) is 2.87. The number of carbonyl (C=O) groups excluding carboxylic acids is 2. The zero-order valence-electron chi connectivity index (χ0n) is 17.6. The van der Waals surface area contributed by atoms with E-state index in [1.54, 1.807) is 18.2 Å². The molecule has 3 N–H and O–H groups in total. The largest absolute Gasteiger partial charge is 0.497 e. The van der Waals surface area contributed by atoms with E-state index in [2.05, 4.69) is 16.0 Å². The molecular weight excluding hydrogens is 443 g/mol. The van der Waals surface area contributed by atoms with Gasteiger partial charge in [0, 0.05) is 35.3 Å². The molecular formula is C22H20F3N3O5. The number of ether oxygens (including phenoxy) is 2. The molecule has 3 aromatic rings. The minimum absolute atomic E-state index is 0.0630. The summed E-state index contributed by atoms with van der Waals surface area (Å²) in [4.78, 5) is 24.3. The molecule has 2 aromatic carbocycles. The molecule has 0 atom stereocenters. The summed E-state index contributed by atoms with van der Waals surface area (Å²) in [5.74, 6) is -0.337. The van der Waals surface area contributed by atoms with Crippen molar-refractivity contribution in [1.29, 1.82) is 0 Å². The number of halogens is 3. The maximum absolute atomic E-state index is 13.6. The van der Waals surface area contributed by atoms with Crippen LogP contribution in [0.25, 0.3) is 0 Å². The molecule has 0 aliphatic heterocycles. The Hall–Kier alpha value is -4.15. The fraction of sp³-hybridized carbons (Fsp3) is 0.182. The number of anilines is 3. The molecule has 0 aliphatic rings. The van der Waals surface area contributed by atoms with E-state index in [0.717, 1.165) is 12.1 Å². The summed E-state index contributed by atoms with van der Waals surface area (Å²) < 4.78 is 55.8. The van der Waals surface area contributed by atoms with E-state index in [4.69, 9.17) is 13.9 Å². The third-order valence-electron chi connectivity index (χ3n) is 4.44. The fourth-order valence-corrected chi connectivity index (χ4v) is 2.87. The maximum atomic E-state index is 13.6. The van der Waals surface area contributed by atoms with Gasteiger partial charge < -0.3 is 29.8 Å². The summed E-state index contributed by atoms with van der Waals surface area (Å²) in [6.45, 7) is -0.441. The van der Waals surface area contributed by atoms with Crippen LogP contribution < -0.4 is 25.4 Å². The van der Waals surface area contributed by atoms with Gasteiger partial charge in [-0.05, 0) is 24.3 Å². The Balaban J connectivity index is 1.71. The number of amides is 2. The topological polar surface area (TPSA) is 102 Å². The molecule has 33 heavy (non-hydrogen) atoms. The van der Waals surface area contributed by atoms with Crippen LogP contribution in [0.15, 0.2) is 59.4 Å². The van der Waals surface area contributed by atoms with Crippen LogP contribution in [0, 0.1) is 0 Å². The molecule has 0 spiro atoms. The normalized spacial score (nSPS) is 10.9. The van der Waals surface area contributed by atoms with Crippen molar-refractivity contribution >= 4 is 28.9 Å². The Bertz CT molecular complexity index is 1110. The van der Waals surface area contributed by atoms with Crippen LogP contribution in [0.2, 0.25) is 0 Å². The van der Waals surface area contributed by atoms with E-state index in [9.17, 15) is 22.8 Å². The second-order valence-corrected chi connectivity index (χ2v) is 6.73. The molecule has 1 heterocycles. The van der Waals surface area contributed by atoms with Crippen molar-refractivity contribution in [2.75, 3.05) is 36.7 Å². The van der Waals surface area contributed by atoms with Crippen LogP contribution in [0.3, 0.4) is 0 Å². The highest BCUT2D eigenvalue weighted by Crippen LogP contribution is 2.36. The number of benzene rings is 2. The lowest BCUT2D eigenvalue weighted by Gasteiger charge is -2.16. The lowest BCUT2D eigenvalue weighted by Crippen LogP contribution is -2.23. The highest BCUT2D eigenvalue weighted by molar-refractivity contribution is 6.04. The van der Waals surface area contributed by atoms with Gasteiger partial charge in [-0.1, -0.05) is 0 Å². The first-order valence-electron chi connectivity index (χ1n) is 9.51. The summed E-state index contributed by atoms with van der Waals surface area (Å²) >= 11 is 0. The van der Waals surface area contributed by atoms with E-state index < -0.39 is 30.1 Å². The molecule has 174 valence electrons. The molecule has 0 fully saturated rings. The van der Waals surface area contributed by atoms with E-state index in [0.29, 0.717) is 17.2 Å². The van der Waals surface area contributed by atoms with Crippen LogP contribution in [0.4, 0.5) is 30.2 Å². The van der Waals surface area contributed by atoms with Gasteiger partial charge in [0.05, 0.1) is 38.2 Å². The van der Waals surface area contributed by atoms with E-state index in [1.807, 2.05) is 0 Å². The van der Waals surface area contributed by atoms with Gasteiger partial charge in [-0.3, -0.25) is 9.59 Å². The van der Waals surface area contributed by atoms with Gasteiger partial charge in [0.15, 0.2) is 0 Å². The average Bonchev–Trinajstić information content (AvgIpc) is 3.32. The Morgan fingerprint density at radius 1 is 0.939 bits per heavy atom. The molecule has 3 rings (SSSR count). The van der Waals surface area contributed by atoms with Crippen molar-refractivity contribution in [1.82, 2.24) is 0 Å². The van der Waals surface area contributed by atoms with Gasteiger partial charge in [-0.25, -0.2) is 0 Å². The SMILES string of the molecule is COc1cc(NC(=O)CNc2ccc(NC(=O)c3ccoc3)cc2C(F)(F)F)cc(OC)c1. The minimum atomic E-state index is -4.73. The van der Waals surface area contributed by atoms with Crippen molar-refractivity contribution in [2.24, 2.45) is 0 Å². The van der Waals surface area contributed by atoms with Crippen molar-refractivity contribution in [3.63, 3.8) is 0 Å². The molecule has 0 radical (unpaired) electrons. The molecule has 0 saturated heterocycles. The number of hydrogen-bond acceptors (Lipinski definition) is 6. The zero-order chi connectivity index (χ0) is 24.0. The smallest absolute Gasteiger partial charge is 0.418 e. The van der Waals surface area contributed by atoms with E-state index >= 15 is 0 Å². The van der Waals surface area contributed by atoms with Gasteiger partial charge in [0.2, 0.25) is 5.91 Å². The second kappa shape index (κ2) is 9.98. The van der Waals surface area contributed by atoms with Gasteiger partial charge in [0.25, 0.3) is 5.91 Å². The molecule has 2 amide bonds. The van der Waals surface area contributed by atoms with E-state index in [1.165, 1.54) is 38.9 Å². The number of hydrogen-bond donors (Lipinski definition) is 3. The molecule has 1 aromatic heterocycles. The third-order valence-corrected chi connectivity index (χ3v) is 4.44. The van der Waals surface area contributed by atoms with Gasteiger partial charge in [-0.2, -0.15) is 13.2 Å². The lowest BCUT2D eigenvalue weighted by atomic mass is 10.1. The zero-order valence-corrected chi connectivity index (χ0v) is 17.6. The number of nitrogens with one attached hydrogen (secondary N) is 3. The summed E-state index contributed by atoms with van der Waals surface area (Å²) in [6.07, 6.45) is -2.28. The van der Waals surface area contributed by atoms with Crippen molar-refractivity contribution < 1.29 is 36.7 Å². The molecule has 0 bridgehead atoms. The maximum Gasteiger partial charge on any atom is 0.418 e. The highest BCUT2D eigenvalue weighted by Gasteiger charge is 2.34. The lowest BCUT2D eigenvalue weighted by molar-refractivity contribution is -0.137. The average molecular weight is 463 g/mol. The van der Waals surface area contributed by atoms with Crippen LogP contribution in [0.1, 0.15) is 15.9 Å². The van der Waals surface area contributed by atoms with Gasteiger partial charge in [0.1, 0.15) is 17.8 Å². The molecule has 11 heteroatoms. The Kier molecular flexibility index (Phi) is 7.11. The number of methoxy groups -OCH3 is 2. The van der Waals surface area contributed by atoms with Crippen LogP contribution in [-0.4, -0.2) is 32.6 Å². The van der Waals surface area contributed by atoms with Gasteiger partial charge >= 0.3 is 6.18 Å². The van der Waals surface area contributed by atoms with Crippen molar-refractivity contribution in [2.45, 2.75) is 6.18 Å². The summed E-state index contributed by atoms with van der Waals surface area (Å²) in [5, 5.41) is 7.42.